The molecule has 2 atom stereocenters. The van der Waals surface area contributed by atoms with Gasteiger partial charge in [0.15, 0.2) is 5.78 Å². The maximum absolute atomic E-state index is 12.8. The summed E-state index contributed by atoms with van der Waals surface area (Å²) in [5, 5.41) is 0. The molecular formula is C20H24BNOS. The molecular weight excluding hydrogens is 313 g/mol. The SMILES string of the molecule is CB1[C@@H]2Cc3c(C(=O)CCc4ccc(N(C)C)cc4)sc(C)c3[C@H]12. The van der Waals surface area contributed by atoms with Crippen molar-refractivity contribution in [3.8, 4) is 0 Å². The summed E-state index contributed by atoms with van der Waals surface area (Å²) in [4.78, 5) is 17.3. The van der Waals surface area contributed by atoms with Gasteiger partial charge in [-0.15, -0.1) is 11.3 Å². The van der Waals surface area contributed by atoms with Gasteiger partial charge in [0, 0.05) is 31.1 Å². The number of nitrogens with zero attached hydrogens (tertiary/aromatic N) is 1. The van der Waals surface area contributed by atoms with Crippen molar-refractivity contribution in [2.75, 3.05) is 19.0 Å². The van der Waals surface area contributed by atoms with Crippen molar-refractivity contribution >= 4 is 29.5 Å². The molecule has 124 valence electrons. The van der Waals surface area contributed by atoms with Gasteiger partial charge in [0.1, 0.15) is 6.71 Å². The summed E-state index contributed by atoms with van der Waals surface area (Å²) in [5.74, 6) is 1.93. The highest BCUT2D eigenvalue weighted by molar-refractivity contribution is 7.14. The smallest absolute Gasteiger partial charge is 0.173 e. The average Bonchev–Trinajstić information content (AvgIpc) is 2.92. The minimum Gasteiger partial charge on any atom is -0.378 e. The van der Waals surface area contributed by atoms with Gasteiger partial charge in [-0.2, -0.15) is 0 Å². The molecule has 4 heteroatoms. The van der Waals surface area contributed by atoms with Crippen LogP contribution in [0.3, 0.4) is 0 Å². The Morgan fingerprint density at radius 1 is 1.29 bits per heavy atom. The number of anilines is 1. The second kappa shape index (κ2) is 5.77. The van der Waals surface area contributed by atoms with Crippen molar-refractivity contribution in [1.29, 1.82) is 0 Å². The summed E-state index contributed by atoms with van der Waals surface area (Å²) in [6.07, 6.45) is 2.60. The van der Waals surface area contributed by atoms with E-state index in [1.165, 1.54) is 27.3 Å². The second-order valence-electron chi connectivity index (χ2n) is 7.62. The molecule has 1 aliphatic carbocycles. The molecule has 0 saturated carbocycles. The number of thiophene rings is 1. The molecule has 2 aliphatic rings. The summed E-state index contributed by atoms with van der Waals surface area (Å²) < 4.78 is 0. The molecule has 1 aliphatic heterocycles. The van der Waals surface area contributed by atoms with Gasteiger partial charge in [-0.3, -0.25) is 4.79 Å². The van der Waals surface area contributed by atoms with E-state index >= 15 is 0 Å². The van der Waals surface area contributed by atoms with Crippen molar-refractivity contribution < 1.29 is 4.79 Å². The normalized spacial score (nSPS) is 20.8. The number of hydrogen-bond donors (Lipinski definition) is 0. The maximum Gasteiger partial charge on any atom is 0.173 e. The Balaban J connectivity index is 1.45. The van der Waals surface area contributed by atoms with Crippen LogP contribution in [0.15, 0.2) is 24.3 Å². The molecule has 1 saturated heterocycles. The fourth-order valence-electron chi connectivity index (χ4n) is 4.37. The predicted molar refractivity (Wildman–Crippen MR) is 104 cm³/mol. The molecule has 1 aromatic carbocycles. The maximum atomic E-state index is 12.8. The average molecular weight is 337 g/mol. The third-order valence-corrected chi connectivity index (χ3v) is 7.12. The van der Waals surface area contributed by atoms with Gasteiger partial charge in [0.2, 0.25) is 0 Å². The molecule has 2 nitrogen and oxygen atoms in total. The van der Waals surface area contributed by atoms with Crippen LogP contribution < -0.4 is 4.90 Å². The van der Waals surface area contributed by atoms with Crippen LogP contribution in [0.5, 0.6) is 0 Å². The summed E-state index contributed by atoms with van der Waals surface area (Å²) in [7, 11) is 4.09. The molecule has 0 N–H and O–H groups in total. The number of benzene rings is 1. The zero-order valence-electron chi connectivity index (χ0n) is 14.9. The first-order chi connectivity index (χ1) is 11.5. The topological polar surface area (TPSA) is 20.3 Å². The Kier molecular flexibility index (Phi) is 3.83. The molecule has 0 radical (unpaired) electrons. The number of carbonyl (C=O) groups is 1. The van der Waals surface area contributed by atoms with Crippen LogP contribution in [0, 0.1) is 6.92 Å². The van der Waals surface area contributed by atoms with Crippen molar-refractivity contribution in [2.45, 2.75) is 44.6 Å². The van der Waals surface area contributed by atoms with Crippen LogP contribution in [0.2, 0.25) is 12.6 Å². The Bertz CT molecular complexity index is 793. The minimum absolute atomic E-state index is 0.343. The summed E-state index contributed by atoms with van der Waals surface area (Å²) in [6, 6.07) is 8.54. The number of fused-ring (bicyclic) bond motifs is 3. The summed E-state index contributed by atoms with van der Waals surface area (Å²) in [6.45, 7) is 5.39. The third-order valence-electron chi connectivity index (χ3n) is 5.92. The first kappa shape index (κ1) is 16.0. The Hall–Kier alpha value is -1.55. The van der Waals surface area contributed by atoms with E-state index in [0.29, 0.717) is 12.2 Å². The lowest BCUT2D eigenvalue weighted by Gasteiger charge is -2.12. The molecule has 1 aromatic heterocycles. The van der Waals surface area contributed by atoms with E-state index in [9.17, 15) is 4.79 Å². The molecule has 4 rings (SSSR count). The van der Waals surface area contributed by atoms with E-state index < -0.39 is 0 Å². The third kappa shape index (κ3) is 2.52. The number of aryl methyl sites for hydroxylation is 2. The van der Waals surface area contributed by atoms with E-state index in [4.69, 9.17) is 0 Å². The lowest BCUT2D eigenvalue weighted by Crippen LogP contribution is -2.08. The quantitative estimate of drug-likeness (QED) is 0.586. The van der Waals surface area contributed by atoms with Gasteiger partial charge in [-0.05, 0) is 54.4 Å². The van der Waals surface area contributed by atoms with Gasteiger partial charge < -0.3 is 4.90 Å². The fraction of sp³-hybridized carbons (Fsp3) is 0.450. The van der Waals surface area contributed by atoms with Crippen LogP contribution in [0.25, 0.3) is 0 Å². The van der Waals surface area contributed by atoms with E-state index in [1.54, 1.807) is 11.3 Å². The van der Waals surface area contributed by atoms with E-state index in [1.807, 2.05) is 14.1 Å². The highest BCUT2D eigenvalue weighted by Gasteiger charge is 2.57. The number of rotatable bonds is 5. The number of ketones is 1. The van der Waals surface area contributed by atoms with Crippen LogP contribution in [-0.4, -0.2) is 26.6 Å². The molecule has 0 spiro atoms. The van der Waals surface area contributed by atoms with E-state index in [0.717, 1.165) is 36.1 Å². The Morgan fingerprint density at radius 3 is 2.67 bits per heavy atom. The minimum atomic E-state index is 0.343. The van der Waals surface area contributed by atoms with Crippen molar-refractivity contribution in [3.63, 3.8) is 0 Å². The highest BCUT2D eigenvalue weighted by atomic mass is 32.1. The highest BCUT2D eigenvalue weighted by Crippen LogP contribution is 2.62. The van der Waals surface area contributed by atoms with Crippen LogP contribution in [0.4, 0.5) is 5.69 Å². The zero-order chi connectivity index (χ0) is 17.0. The zero-order valence-corrected chi connectivity index (χ0v) is 15.7. The molecule has 2 aromatic rings. The van der Waals surface area contributed by atoms with Crippen molar-refractivity contribution in [3.05, 3.63) is 50.7 Å². The second-order valence-corrected chi connectivity index (χ2v) is 8.84. The van der Waals surface area contributed by atoms with E-state index in [2.05, 4.69) is 42.9 Å². The Labute approximate surface area is 149 Å². The first-order valence-electron chi connectivity index (χ1n) is 8.89. The van der Waals surface area contributed by atoms with Crippen LogP contribution in [0.1, 0.15) is 43.5 Å². The fourth-order valence-corrected chi connectivity index (χ4v) is 5.58. The van der Waals surface area contributed by atoms with Gasteiger partial charge in [-0.1, -0.05) is 24.8 Å². The number of Topliss-reactive ketones (excluding diaryl/α,β-unsaturated/α-hetero) is 1. The van der Waals surface area contributed by atoms with E-state index in [-0.39, 0.29) is 0 Å². The van der Waals surface area contributed by atoms with Crippen molar-refractivity contribution in [2.24, 2.45) is 0 Å². The standard InChI is InChI=1S/C20H24BNOS/c1-12-18-15(11-16-19(18)21(16)2)20(24-12)17(23)10-7-13-5-8-14(9-6-13)22(3)4/h5-6,8-9,16,19H,7,10-11H2,1-4H3/t16-,19-/m1/s1. The molecule has 1 fully saturated rings. The predicted octanol–water partition coefficient (Wildman–Crippen LogP) is 4.63. The van der Waals surface area contributed by atoms with Crippen LogP contribution >= 0.6 is 11.3 Å². The van der Waals surface area contributed by atoms with Gasteiger partial charge >= 0.3 is 0 Å². The van der Waals surface area contributed by atoms with Crippen molar-refractivity contribution in [1.82, 2.24) is 0 Å². The Morgan fingerprint density at radius 2 is 2.00 bits per heavy atom. The lowest BCUT2D eigenvalue weighted by atomic mass is 9.64. The van der Waals surface area contributed by atoms with Gasteiger partial charge in [-0.25, -0.2) is 0 Å². The first-order valence-corrected chi connectivity index (χ1v) is 9.70. The van der Waals surface area contributed by atoms with Gasteiger partial charge in [0.25, 0.3) is 0 Å². The largest absolute Gasteiger partial charge is 0.378 e. The van der Waals surface area contributed by atoms with Gasteiger partial charge in [0.05, 0.1) is 4.88 Å². The summed E-state index contributed by atoms with van der Waals surface area (Å²) >= 11 is 1.74. The molecule has 0 bridgehead atoms. The number of hydrogen-bond acceptors (Lipinski definition) is 3. The molecule has 0 unspecified atom stereocenters. The lowest BCUT2D eigenvalue weighted by molar-refractivity contribution is 0.0986. The number of carbonyl (C=O) groups excluding carboxylic acids is 1. The van der Waals surface area contributed by atoms with Crippen LogP contribution in [-0.2, 0) is 12.8 Å². The monoisotopic (exact) mass is 337 g/mol. The molecule has 24 heavy (non-hydrogen) atoms. The molecule has 0 amide bonds. The summed E-state index contributed by atoms with van der Waals surface area (Å²) in [5.41, 5.74) is 5.38. The molecule has 2 heterocycles.